The lowest BCUT2D eigenvalue weighted by Gasteiger charge is -2.21. The van der Waals surface area contributed by atoms with Crippen LogP contribution < -0.4 is 10.6 Å². The average Bonchev–Trinajstić information content (AvgIpc) is 2.67. The number of carbonyl (C=O) groups excluding carboxylic acids is 1. The van der Waals surface area contributed by atoms with Crippen molar-refractivity contribution < 1.29 is 4.79 Å². The van der Waals surface area contributed by atoms with Gasteiger partial charge >= 0.3 is 0 Å². The minimum Gasteiger partial charge on any atom is -0.352 e. The minimum absolute atomic E-state index is 0.0817. The van der Waals surface area contributed by atoms with Crippen LogP contribution in [0.4, 0.5) is 11.6 Å². The maximum absolute atomic E-state index is 12.6. The molecule has 6 heteroatoms. The van der Waals surface area contributed by atoms with Crippen LogP contribution in [0, 0.1) is 5.92 Å². The van der Waals surface area contributed by atoms with Crippen LogP contribution >= 0.6 is 11.6 Å². The number of hydrogen-bond donors (Lipinski definition) is 2. The largest absolute Gasteiger partial charge is 0.352 e. The molecule has 2 aromatic rings. The van der Waals surface area contributed by atoms with E-state index in [0.717, 1.165) is 17.9 Å². The summed E-state index contributed by atoms with van der Waals surface area (Å²) in [5.74, 6) is 0.983. The number of nitrogens with zero attached hydrogens (tertiary/aromatic N) is 2. The van der Waals surface area contributed by atoms with Gasteiger partial charge in [-0.05, 0) is 43.4 Å². The number of aryl methyl sites for hydroxylation is 1. The van der Waals surface area contributed by atoms with Gasteiger partial charge in [0.15, 0.2) is 0 Å². The summed E-state index contributed by atoms with van der Waals surface area (Å²) in [6.45, 7) is 2.73. The Labute approximate surface area is 159 Å². The van der Waals surface area contributed by atoms with Gasteiger partial charge in [-0.2, -0.15) is 0 Å². The number of amides is 1. The fourth-order valence-corrected chi connectivity index (χ4v) is 3.55. The number of benzene rings is 1. The zero-order valence-electron chi connectivity index (χ0n) is 15.1. The van der Waals surface area contributed by atoms with E-state index >= 15 is 0 Å². The van der Waals surface area contributed by atoms with Crippen LogP contribution in [-0.4, -0.2) is 22.4 Å². The van der Waals surface area contributed by atoms with E-state index in [-0.39, 0.29) is 5.91 Å². The number of anilines is 2. The molecule has 1 amide bonds. The van der Waals surface area contributed by atoms with Gasteiger partial charge in [-0.3, -0.25) is 4.79 Å². The summed E-state index contributed by atoms with van der Waals surface area (Å²) < 4.78 is 0. The molecule has 1 aliphatic rings. The van der Waals surface area contributed by atoms with Crippen molar-refractivity contribution in [2.24, 2.45) is 5.92 Å². The lowest BCUT2D eigenvalue weighted by atomic mass is 9.89. The van der Waals surface area contributed by atoms with Crippen molar-refractivity contribution in [2.75, 3.05) is 11.9 Å². The van der Waals surface area contributed by atoms with Crippen molar-refractivity contribution in [1.29, 1.82) is 0 Å². The molecule has 0 bridgehead atoms. The highest BCUT2D eigenvalue weighted by Crippen LogP contribution is 2.23. The topological polar surface area (TPSA) is 66.9 Å². The Morgan fingerprint density at radius 1 is 1.27 bits per heavy atom. The van der Waals surface area contributed by atoms with Gasteiger partial charge in [0, 0.05) is 23.5 Å². The number of nitrogens with one attached hydrogen (secondary N) is 2. The molecule has 3 rings (SSSR count). The monoisotopic (exact) mass is 372 g/mol. The maximum Gasteiger partial charge on any atom is 0.254 e. The van der Waals surface area contributed by atoms with Crippen molar-refractivity contribution in [3.63, 3.8) is 0 Å². The predicted molar refractivity (Wildman–Crippen MR) is 105 cm³/mol. The second-order valence-electron chi connectivity index (χ2n) is 6.76. The first-order chi connectivity index (χ1) is 12.7. The Bertz CT molecular complexity index is 759. The molecule has 0 aliphatic heterocycles. The first kappa shape index (κ1) is 18.6. The molecule has 0 radical (unpaired) electrons. The molecular formula is C20H25ClN4O. The molecule has 0 unspecified atom stereocenters. The van der Waals surface area contributed by atoms with Gasteiger partial charge in [-0.1, -0.05) is 43.9 Å². The molecule has 2 N–H and O–H groups in total. The summed E-state index contributed by atoms with van der Waals surface area (Å²) in [5.41, 5.74) is 2.11. The molecule has 0 spiro atoms. The number of aromatic nitrogens is 2. The number of halogens is 1. The predicted octanol–water partition coefficient (Wildman–Crippen LogP) is 4.75. The summed E-state index contributed by atoms with van der Waals surface area (Å²) in [6, 6.07) is 7.37. The van der Waals surface area contributed by atoms with Crippen LogP contribution in [-0.2, 0) is 6.42 Å². The Morgan fingerprint density at radius 2 is 2.08 bits per heavy atom. The van der Waals surface area contributed by atoms with E-state index in [1.165, 1.54) is 32.1 Å². The second-order valence-corrected chi connectivity index (χ2v) is 7.19. The second kappa shape index (κ2) is 8.99. The van der Waals surface area contributed by atoms with Crippen LogP contribution in [0.5, 0.6) is 0 Å². The number of carbonyl (C=O) groups is 1. The minimum atomic E-state index is -0.0817. The molecule has 138 valence electrons. The van der Waals surface area contributed by atoms with Crippen molar-refractivity contribution in [3.8, 4) is 0 Å². The number of rotatable bonds is 6. The Hall–Kier alpha value is -2.14. The normalized spacial score (nSPS) is 14.8. The Balaban J connectivity index is 1.66. The first-order valence-electron chi connectivity index (χ1n) is 9.32. The quantitative estimate of drug-likeness (QED) is 0.768. The van der Waals surface area contributed by atoms with Crippen molar-refractivity contribution >= 4 is 29.1 Å². The third kappa shape index (κ3) is 4.94. The highest BCUT2D eigenvalue weighted by molar-refractivity contribution is 6.30. The van der Waals surface area contributed by atoms with Gasteiger partial charge in [0.1, 0.15) is 0 Å². The van der Waals surface area contributed by atoms with Crippen LogP contribution in [0.25, 0.3) is 0 Å². The lowest BCUT2D eigenvalue weighted by Crippen LogP contribution is -2.31. The molecule has 0 atom stereocenters. The van der Waals surface area contributed by atoms with Gasteiger partial charge < -0.3 is 10.6 Å². The third-order valence-corrected chi connectivity index (χ3v) is 5.04. The molecule has 1 heterocycles. The molecule has 5 nitrogen and oxygen atoms in total. The smallest absolute Gasteiger partial charge is 0.254 e. The van der Waals surface area contributed by atoms with E-state index in [1.54, 1.807) is 12.3 Å². The lowest BCUT2D eigenvalue weighted by molar-refractivity contribution is 0.0942. The molecule has 1 aliphatic carbocycles. The standard InChI is InChI=1S/C20H25ClN4O/c1-2-18-17(19(26)22-12-14-7-4-3-5-8-14)13-23-20(25-18)24-16-10-6-9-15(21)11-16/h6,9-11,13-14H,2-5,7-8,12H2,1H3,(H,22,26)(H,23,24,25). The Morgan fingerprint density at radius 3 is 2.81 bits per heavy atom. The first-order valence-corrected chi connectivity index (χ1v) is 9.70. The highest BCUT2D eigenvalue weighted by Gasteiger charge is 2.17. The summed E-state index contributed by atoms with van der Waals surface area (Å²) >= 11 is 6.00. The van der Waals surface area contributed by atoms with Crippen LogP contribution in [0.3, 0.4) is 0 Å². The summed E-state index contributed by atoms with van der Waals surface area (Å²) in [5, 5.41) is 6.84. The van der Waals surface area contributed by atoms with Gasteiger partial charge in [0.05, 0.1) is 11.3 Å². The maximum atomic E-state index is 12.6. The summed E-state index contributed by atoms with van der Waals surface area (Å²) in [6.07, 6.45) is 8.55. The van der Waals surface area contributed by atoms with E-state index < -0.39 is 0 Å². The van der Waals surface area contributed by atoms with E-state index in [2.05, 4.69) is 20.6 Å². The van der Waals surface area contributed by atoms with Gasteiger partial charge in [-0.15, -0.1) is 0 Å². The molecule has 26 heavy (non-hydrogen) atoms. The fraction of sp³-hybridized carbons (Fsp3) is 0.450. The summed E-state index contributed by atoms with van der Waals surface area (Å²) in [4.78, 5) is 21.4. The van der Waals surface area contributed by atoms with E-state index in [9.17, 15) is 4.79 Å². The van der Waals surface area contributed by atoms with Crippen LogP contribution in [0.2, 0.25) is 5.02 Å². The third-order valence-electron chi connectivity index (χ3n) is 4.80. The molecule has 0 saturated heterocycles. The van der Waals surface area contributed by atoms with Crippen molar-refractivity contribution in [1.82, 2.24) is 15.3 Å². The highest BCUT2D eigenvalue weighted by atomic mass is 35.5. The van der Waals surface area contributed by atoms with E-state index in [4.69, 9.17) is 11.6 Å². The van der Waals surface area contributed by atoms with Gasteiger partial charge in [-0.25, -0.2) is 9.97 Å². The van der Waals surface area contributed by atoms with Crippen LogP contribution in [0.1, 0.15) is 55.1 Å². The van der Waals surface area contributed by atoms with Gasteiger partial charge in [0.2, 0.25) is 5.95 Å². The molecule has 1 aromatic carbocycles. The van der Waals surface area contributed by atoms with E-state index in [0.29, 0.717) is 28.9 Å². The molecule has 1 fully saturated rings. The van der Waals surface area contributed by atoms with Crippen molar-refractivity contribution in [2.45, 2.75) is 45.4 Å². The Kier molecular flexibility index (Phi) is 6.45. The zero-order valence-corrected chi connectivity index (χ0v) is 15.9. The van der Waals surface area contributed by atoms with Crippen molar-refractivity contribution in [3.05, 3.63) is 46.7 Å². The van der Waals surface area contributed by atoms with E-state index in [1.807, 2.05) is 25.1 Å². The molecule has 1 saturated carbocycles. The summed E-state index contributed by atoms with van der Waals surface area (Å²) in [7, 11) is 0. The SMILES string of the molecule is CCc1nc(Nc2cccc(Cl)c2)ncc1C(=O)NCC1CCCCC1. The molecule has 1 aromatic heterocycles. The number of hydrogen-bond acceptors (Lipinski definition) is 4. The zero-order chi connectivity index (χ0) is 18.4. The molecular weight excluding hydrogens is 348 g/mol. The average molecular weight is 373 g/mol. The van der Waals surface area contributed by atoms with Crippen LogP contribution in [0.15, 0.2) is 30.5 Å². The van der Waals surface area contributed by atoms with Gasteiger partial charge in [0.25, 0.3) is 5.91 Å². The fourth-order valence-electron chi connectivity index (χ4n) is 3.36.